The molecule has 0 radical (unpaired) electrons. The van der Waals surface area contributed by atoms with Crippen molar-refractivity contribution in [2.24, 2.45) is 5.41 Å². The molecule has 0 unspecified atom stereocenters. The third-order valence-electron chi connectivity index (χ3n) is 3.97. The Labute approximate surface area is 121 Å². The average Bonchev–Trinajstić information content (AvgIpc) is 3.25. The van der Waals surface area contributed by atoms with Crippen molar-refractivity contribution in [1.82, 2.24) is 9.97 Å². The van der Waals surface area contributed by atoms with Gasteiger partial charge in [-0.05, 0) is 26.2 Å². The van der Waals surface area contributed by atoms with Crippen molar-refractivity contribution in [1.29, 1.82) is 0 Å². The first kappa shape index (κ1) is 15.0. The summed E-state index contributed by atoms with van der Waals surface area (Å²) < 4.78 is 0. The molecular weight excluding hydrogens is 252 g/mol. The number of nitrogens with one attached hydrogen (secondary N) is 2. The molecule has 1 fully saturated rings. The highest BCUT2D eigenvalue weighted by Crippen LogP contribution is 2.45. The molecule has 5 nitrogen and oxygen atoms in total. The minimum atomic E-state index is 0.0841. The van der Waals surface area contributed by atoms with Crippen LogP contribution in [0.3, 0.4) is 0 Å². The quantitative estimate of drug-likeness (QED) is 0.681. The third kappa shape index (κ3) is 3.39. The molecule has 0 aromatic carbocycles. The van der Waals surface area contributed by atoms with Gasteiger partial charge in [-0.25, -0.2) is 9.97 Å². The Balaban J connectivity index is 2.13. The van der Waals surface area contributed by atoms with Gasteiger partial charge in [0.05, 0.1) is 6.61 Å². The van der Waals surface area contributed by atoms with Crippen molar-refractivity contribution in [3.63, 3.8) is 0 Å². The standard InChI is InChI=1S/C15H26N4O/c1-4-8-16-13-11(3)14(19-12(5-2)18-13)17-9-15(10-20)6-7-15/h20H,4-10H2,1-3H3,(H2,16,17,18,19). The Morgan fingerprint density at radius 1 is 1.15 bits per heavy atom. The molecule has 1 saturated carbocycles. The molecule has 5 heteroatoms. The van der Waals surface area contributed by atoms with Gasteiger partial charge in [0.15, 0.2) is 0 Å². The van der Waals surface area contributed by atoms with E-state index in [4.69, 9.17) is 0 Å². The monoisotopic (exact) mass is 278 g/mol. The molecule has 0 saturated heterocycles. The maximum atomic E-state index is 9.39. The van der Waals surface area contributed by atoms with Gasteiger partial charge in [-0.15, -0.1) is 0 Å². The van der Waals surface area contributed by atoms with Gasteiger partial charge in [0.2, 0.25) is 0 Å². The second-order valence-electron chi connectivity index (χ2n) is 5.75. The summed E-state index contributed by atoms with van der Waals surface area (Å²) in [6, 6.07) is 0. The van der Waals surface area contributed by atoms with E-state index in [2.05, 4.69) is 34.4 Å². The normalized spacial score (nSPS) is 16.0. The predicted molar refractivity (Wildman–Crippen MR) is 82.2 cm³/mol. The molecule has 3 N–H and O–H groups in total. The fourth-order valence-electron chi connectivity index (χ4n) is 2.15. The number of anilines is 2. The van der Waals surface area contributed by atoms with Crippen molar-refractivity contribution in [2.75, 3.05) is 30.3 Å². The topological polar surface area (TPSA) is 70.1 Å². The van der Waals surface area contributed by atoms with Crippen LogP contribution in [0.4, 0.5) is 11.6 Å². The van der Waals surface area contributed by atoms with E-state index in [0.717, 1.165) is 61.8 Å². The van der Waals surface area contributed by atoms with Crippen LogP contribution in [0.15, 0.2) is 0 Å². The highest BCUT2D eigenvalue weighted by molar-refractivity contribution is 5.57. The highest BCUT2D eigenvalue weighted by atomic mass is 16.3. The van der Waals surface area contributed by atoms with E-state index < -0.39 is 0 Å². The molecule has 1 aliphatic rings. The highest BCUT2D eigenvalue weighted by Gasteiger charge is 2.41. The number of rotatable bonds is 8. The van der Waals surface area contributed by atoms with Gasteiger partial charge in [-0.3, -0.25) is 0 Å². The number of aromatic nitrogens is 2. The molecule has 0 aliphatic heterocycles. The van der Waals surface area contributed by atoms with E-state index in [1.165, 1.54) is 0 Å². The number of hydrogen-bond donors (Lipinski definition) is 3. The summed E-state index contributed by atoms with van der Waals surface area (Å²) in [5.74, 6) is 2.68. The molecule has 1 aromatic rings. The molecule has 20 heavy (non-hydrogen) atoms. The van der Waals surface area contributed by atoms with Gasteiger partial charge in [-0.1, -0.05) is 13.8 Å². The predicted octanol–water partition coefficient (Wildman–Crippen LogP) is 2.35. The minimum absolute atomic E-state index is 0.0841. The molecule has 1 heterocycles. The SMILES string of the molecule is CCCNc1nc(CC)nc(NCC2(CO)CC2)c1C. The van der Waals surface area contributed by atoms with E-state index in [1.807, 2.05) is 6.92 Å². The van der Waals surface area contributed by atoms with Gasteiger partial charge < -0.3 is 15.7 Å². The maximum absolute atomic E-state index is 9.39. The van der Waals surface area contributed by atoms with Crippen LogP contribution in [0, 0.1) is 12.3 Å². The summed E-state index contributed by atoms with van der Waals surface area (Å²) in [5.41, 5.74) is 1.14. The fourth-order valence-corrected chi connectivity index (χ4v) is 2.15. The Morgan fingerprint density at radius 2 is 1.80 bits per heavy atom. The molecule has 1 aromatic heterocycles. The van der Waals surface area contributed by atoms with E-state index in [1.54, 1.807) is 0 Å². The second kappa shape index (κ2) is 6.39. The lowest BCUT2D eigenvalue weighted by Crippen LogP contribution is -2.21. The Bertz CT molecular complexity index is 457. The molecule has 2 rings (SSSR count). The Morgan fingerprint density at radius 3 is 2.30 bits per heavy atom. The van der Waals surface area contributed by atoms with Crippen molar-refractivity contribution in [2.45, 2.75) is 46.5 Å². The molecule has 0 spiro atoms. The summed E-state index contributed by atoms with van der Waals surface area (Å²) in [6.45, 7) is 8.21. The zero-order chi connectivity index (χ0) is 14.6. The number of aliphatic hydroxyl groups excluding tert-OH is 1. The van der Waals surface area contributed by atoms with Crippen LogP contribution in [0.25, 0.3) is 0 Å². The second-order valence-corrected chi connectivity index (χ2v) is 5.75. The van der Waals surface area contributed by atoms with Crippen LogP contribution in [0.1, 0.15) is 44.5 Å². The van der Waals surface area contributed by atoms with Crippen molar-refractivity contribution in [3.8, 4) is 0 Å². The number of aliphatic hydroxyl groups is 1. The zero-order valence-corrected chi connectivity index (χ0v) is 12.8. The van der Waals surface area contributed by atoms with Crippen molar-refractivity contribution < 1.29 is 5.11 Å². The average molecular weight is 278 g/mol. The van der Waals surface area contributed by atoms with Crippen LogP contribution >= 0.6 is 0 Å². The van der Waals surface area contributed by atoms with E-state index >= 15 is 0 Å². The minimum Gasteiger partial charge on any atom is -0.396 e. The first-order valence-electron chi connectivity index (χ1n) is 7.60. The van der Waals surface area contributed by atoms with E-state index in [9.17, 15) is 5.11 Å². The maximum Gasteiger partial charge on any atom is 0.134 e. The van der Waals surface area contributed by atoms with Gasteiger partial charge >= 0.3 is 0 Å². The van der Waals surface area contributed by atoms with Crippen molar-refractivity contribution in [3.05, 3.63) is 11.4 Å². The summed E-state index contributed by atoms with van der Waals surface area (Å²) in [5, 5.41) is 16.2. The molecule has 0 bridgehead atoms. The molecule has 112 valence electrons. The van der Waals surface area contributed by atoms with Gasteiger partial charge in [0.1, 0.15) is 17.5 Å². The van der Waals surface area contributed by atoms with Crippen LogP contribution < -0.4 is 10.6 Å². The summed E-state index contributed by atoms with van der Waals surface area (Å²) in [4.78, 5) is 9.14. The van der Waals surface area contributed by atoms with E-state index in [0.29, 0.717) is 0 Å². The van der Waals surface area contributed by atoms with Gasteiger partial charge in [0, 0.05) is 30.5 Å². The first-order valence-corrected chi connectivity index (χ1v) is 7.60. The Kier molecular flexibility index (Phi) is 4.81. The number of nitrogens with zero attached hydrogens (tertiary/aromatic N) is 2. The van der Waals surface area contributed by atoms with Crippen molar-refractivity contribution >= 4 is 11.6 Å². The van der Waals surface area contributed by atoms with Gasteiger partial charge in [-0.2, -0.15) is 0 Å². The van der Waals surface area contributed by atoms with Crippen LogP contribution in [-0.4, -0.2) is 34.8 Å². The summed E-state index contributed by atoms with van der Waals surface area (Å²) in [7, 11) is 0. The van der Waals surface area contributed by atoms with Crippen LogP contribution in [-0.2, 0) is 6.42 Å². The fraction of sp³-hybridized carbons (Fsp3) is 0.733. The lowest BCUT2D eigenvalue weighted by molar-refractivity contribution is 0.219. The smallest absolute Gasteiger partial charge is 0.134 e. The van der Waals surface area contributed by atoms with Gasteiger partial charge in [0.25, 0.3) is 0 Å². The summed E-state index contributed by atoms with van der Waals surface area (Å²) in [6.07, 6.45) is 4.09. The lowest BCUT2D eigenvalue weighted by Gasteiger charge is -2.17. The number of hydrogen-bond acceptors (Lipinski definition) is 5. The van der Waals surface area contributed by atoms with Crippen LogP contribution in [0.5, 0.6) is 0 Å². The molecule has 0 amide bonds. The molecule has 0 atom stereocenters. The first-order chi connectivity index (χ1) is 9.64. The summed E-state index contributed by atoms with van der Waals surface area (Å²) >= 11 is 0. The third-order valence-corrected chi connectivity index (χ3v) is 3.97. The number of aryl methyl sites for hydroxylation is 1. The largest absolute Gasteiger partial charge is 0.396 e. The van der Waals surface area contributed by atoms with Crippen LogP contribution in [0.2, 0.25) is 0 Å². The zero-order valence-electron chi connectivity index (χ0n) is 12.8. The van der Waals surface area contributed by atoms with E-state index in [-0.39, 0.29) is 12.0 Å². The molecule has 1 aliphatic carbocycles. The lowest BCUT2D eigenvalue weighted by atomic mass is 10.1. The molecular formula is C15H26N4O. The Hall–Kier alpha value is -1.36.